The van der Waals surface area contributed by atoms with Gasteiger partial charge in [0.25, 0.3) is 0 Å². The second kappa shape index (κ2) is 5.56. The van der Waals surface area contributed by atoms with Gasteiger partial charge in [0.15, 0.2) is 0 Å². The van der Waals surface area contributed by atoms with Crippen LogP contribution in [0.25, 0.3) is 0 Å². The predicted molar refractivity (Wildman–Crippen MR) is 48.8 cm³/mol. The lowest BCUT2D eigenvalue weighted by Crippen LogP contribution is -2.27. The largest absolute Gasteiger partial charge is 0.316 e. The van der Waals surface area contributed by atoms with Gasteiger partial charge in [-0.2, -0.15) is 0 Å². The van der Waals surface area contributed by atoms with Gasteiger partial charge >= 0.3 is 0 Å². The maximum absolute atomic E-state index is 3.43. The lowest BCUT2D eigenvalue weighted by molar-refractivity contribution is 0.586. The zero-order valence-corrected chi connectivity index (χ0v) is 7.53. The minimum Gasteiger partial charge on any atom is -0.316 e. The molecule has 1 fully saturated rings. The first-order valence-electron chi connectivity index (χ1n) is 4.85. The van der Waals surface area contributed by atoms with Crippen molar-refractivity contribution in [2.75, 3.05) is 26.2 Å². The molecule has 0 spiro atoms. The highest BCUT2D eigenvalue weighted by molar-refractivity contribution is 4.73. The fraction of sp³-hybridized carbons (Fsp3) is 1.00. The molecule has 0 saturated heterocycles. The van der Waals surface area contributed by atoms with Crippen LogP contribution in [0.4, 0.5) is 0 Å². The molecule has 0 aromatic rings. The van der Waals surface area contributed by atoms with Crippen LogP contribution < -0.4 is 10.6 Å². The molecule has 2 N–H and O–H groups in total. The Morgan fingerprint density at radius 1 is 1.09 bits per heavy atom. The van der Waals surface area contributed by atoms with Crippen LogP contribution in [0.3, 0.4) is 0 Å². The van der Waals surface area contributed by atoms with Crippen LogP contribution in [0.5, 0.6) is 0 Å². The van der Waals surface area contributed by atoms with E-state index in [-0.39, 0.29) is 0 Å². The fourth-order valence-corrected chi connectivity index (χ4v) is 1.19. The number of hydrogen-bond donors (Lipinski definition) is 2. The van der Waals surface area contributed by atoms with E-state index in [2.05, 4.69) is 17.6 Å². The van der Waals surface area contributed by atoms with Gasteiger partial charge in [-0.15, -0.1) is 0 Å². The molecule has 66 valence electrons. The Labute approximate surface area is 69.8 Å². The third kappa shape index (κ3) is 5.22. The molecule has 1 saturated carbocycles. The van der Waals surface area contributed by atoms with Crippen molar-refractivity contribution in [1.82, 2.24) is 10.6 Å². The molecule has 11 heavy (non-hydrogen) atoms. The molecule has 2 heteroatoms. The summed E-state index contributed by atoms with van der Waals surface area (Å²) in [5.74, 6) is 1.07. The third-order valence-corrected chi connectivity index (χ3v) is 2.15. The van der Waals surface area contributed by atoms with Crippen LogP contribution in [-0.2, 0) is 0 Å². The summed E-state index contributed by atoms with van der Waals surface area (Å²) >= 11 is 0. The van der Waals surface area contributed by atoms with Crippen molar-refractivity contribution in [2.45, 2.75) is 26.2 Å². The molecule has 2 nitrogen and oxygen atoms in total. The first-order chi connectivity index (χ1) is 5.43. The highest BCUT2D eigenvalue weighted by Gasteiger charge is 2.19. The first kappa shape index (κ1) is 9.01. The average Bonchev–Trinajstić information content (AvgIpc) is 2.80. The second-order valence-electron chi connectivity index (χ2n) is 3.34. The van der Waals surface area contributed by atoms with E-state index in [9.17, 15) is 0 Å². The van der Waals surface area contributed by atoms with Crippen LogP contribution in [0.1, 0.15) is 26.2 Å². The lowest BCUT2D eigenvalue weighted by Gasteiger charge is -2.03. The summed E-state index contributed by atoms with van der Waals surface area (Å²) in [6, 6.07) is 0. The van der Waals surface area contributed by atoms with Gasteiger partial charge in [0.2, 0.25) is 0 Å². The van der Waals surface area contributed by atoms with Gasteiger partial charge in [-0.25, -0.2) is 0 Å². The Kier molecular flexibility index (Phi) is 4.55. The average molecular weight is 156 g/mol. The number of likely N-dealkylation sites (N-methyl/N-ethyl adjacent to an activating group) is 1. The second-order valence-corrected chi connectivity index (χ2v) is 3.34. The fourth-order valence-electron chi connectivity index (χ4n) is 1.19. The highest BCUT2D eigenvalue weighted by Crippen LogP contribution is 2.31. The molecule has 0 bridgehead atoms. The molecule has 0 aliphatic heterocycles. The van der Waals surface area contributed by atoms with E-state index in [4.69, 9.17) is 0 Å². The number of nitrogens with one attached hydrogen (secondary N) is 2. The topological polar surface area (TPSA) is 24.1 Å². The van der Waals surface area contributed by atoms with Crippen molar-refractivity contribution >= 4 is 0 Å². The summed E-state index contributed by atoms with van der Waals surface area (Å²) in [5.41, 5.74) is 0. The first-order valence-corrected chi connectivity index (χ1v) is 4.85. The van der Waals surface area contributed by atoms with E-state index in [1.807, 2.05) is 0 Å². The van der Waals surface area contributed by atoms with Crippen LogP contribution in [-0.4, -0.2) is 26.2 Å². The summed E-state index contributed by atoms with van der Waals surface area (Å²) in [5, 5.41) is 6.72. The third-order valence-electron chi connectivity index (χ3n) is 2.15. The maximum Gasteiger partial charge on any atom is 0.00767 e. The van der Waals surface area contributed by atoms with Crippen LogP contribution >= 0.6 is 0 Å². The van der Waals surface area contributed by atoms with E-state index in [0.29, 0.717) is 0 Å². The van der Waals surface area contributed by atoms with Gasteiger partial charge < -0.3 is 10.6 Å². The van der Waals surface area contributed by atoms with Crippen LogP contribution in [0.2, 0.25) is 0 Å². The van der Waals surface area contributed by atoms with Gasteiger partial charge in [0.1, 0.15) is 0 Å². The molecule has 0 amide bonds. The van der Waals surface area contributed by atoms with E-state index >= 15 is 0 Å². The predicted octanol–water partition coefficient (Wildman–Crippen LogP) is 0.986. The molecule has 1 rings (SSSR count). The molecule has 0 aromatic heterocycles. The van der Waals surface area contributed by atoms with Crippen molar-refractivity contribution in [3.63, 3.8) is 0 Å². The van der Waals surface area contributed by atoms with Gasteiger partial charge in [0.05, 0.1) is 0 Å². The van der Waals surface area contributed by atoms with Crippen molar-refractivity contribution in [2.24, 2.45) is 5.92 Å². The summed E-state index contributed by atoms with van der Waals surface area (Å²) in [4.78, 5) is 0. The van der Waals surface area contributed by atoms with Gasteiger partial charge in [0, 0.05) is 13.1 Å². The molecule has 1 aliphatic carbocycles. The Bertz CT molecular complexity index is 89.6. The van der Waals surface area contributed by atoms with Crippen LogP contribution in [0, 0.1) is 5.92 Å². The summed E-state index contributed by atoms with van der Waals surface area (Å²) in [7, 11) is 0. The van der Waals surface area contributed by atoms with Crippen molar-refractivity contribution in [3.8, 4) is 0 Å². The maximum atomic E-state index is 3.43. The Morgan fingerprint density at radius 3 is 2.45 bits per heavy atom. The van der Waals surface area contributed by atoms with Crippen molar-refractivity contribution in [3.05, 3.63) is 0 Å². The van der Waals surface area contributed by atoms with Crippen molar-refractivity contribution < 1.29 is 0 Å². The number of rotatable bonds is 7. The smallest absolute Gasteiger partial charge is 0.00767 e. The SMILES string of the molecule is CCNCCNCCC1CC1. The number of hydrogen-bond acceptors (Lipinski definition) is 2. The Balaban J connectivity index is 1.66. The molecule has 0 unspecified atom stereocenters. The summed E-state index contributed by atoms with van der Waals surface area (Å²) in [6.07, 6.45) is 4.36. The minimum absolute atomic E-state index is 1.07. The van der Waals surface area contributed by atoms with Gasteiger partial charge in [-0.1, -0.05) is 19.8 Å². The Morgan fingerprint density at radius 2 is 1.82 bits per heavy atom. The van der Waals surface area contributed by atoms with E-state index in [1.54, 1.807) is 0 Å². The standard InChI is InChI=1S/C9H20N2/c1-2-10-7-8-11-6-5-9-3-4-9/h9-11H,2-8H2,1H3. The van der Waals surface area contributed by atoms with E-state index < -0.39 is 0 Å². The molecule has 0 aromatic carbocycles. The zero-order chi connectivity index (χ0) is 7.94. The molecule has 0 radical (unpaired) electrons. The summed E-state index contributed by atoms with van der Waals surface area (Å²) in [6.45, 7) is 6.69. The van der Waals surface area contributed by atoms with Crippen molar-refractivity contribution in [1.29, 1.82) is 0 Å². The summed E-state index contributed by atoms with van der Waals surface area (Å²) < 4.78 is 0. The molecule has 0 heterocycles. The van der Waals surface area contributed by atoms with E-state index in [0.717, 1.165) is 25.6 Å². The minimum atomic E-state index is 1.07. The Hall–Kier alpha value is -0.0800. The molecule has 1 aliphatic rings. The van der Waals surface area contributed by atoms with Gasteiger partial charge in [-0.05, 0) is 25.4 Å². The quantitative estimate of drug-likeness (QED) is 0.537. The molecular weight excluding hydrogens is 136 g/mol. The lowest BCUT2D eigenvalue weighted by atomic mass is 10.3. The monoisotopic (exact) mass is 156 g/mol. The van der Waals surface area contributed by atoms with E-state index in [1.165, 1.54) is 25.8 Å². The zero-order valence-electron chi connectivity index (χ0n) is 7.53. The van der Waals surface area contributed by atoms with Gasteiger partial charge in [-0.3, -0.25) is 0 Å². The highest BCUT2D eigenvalue weighted by atomic mass is 14.9. The molecular formula is C9H20N2. The normalized spacial score (nSPS) is 17.2. The van der Waals surface area contributed by atoms with Crippen LogP contribution in [0.15, 0.2) is 0 Å². The molecule has 0 atom stereocenters.